The summed E-state index contributed by atoms with van der Waals surface area (Å²) < 4.78 is 61.0. The molecule has 0 saturated carbocycles. The Kier molecular flexibility index (Phi) is 69.4. The summed E-state index contributed by atoms with van der Waals surface area (Å²) in [5, 5.41) is 20.6. The van der Waals surface area contributed by atoms with E-state index in [1.54, 1.807) is 0 Å². The maximum absolute atomic E-state index is 13.0. The molecular weight excluding hydrogens is 1290 g/mol. The summed E-state index contributed by atoms with van der Waals surface area (Å²) in [6.45, 7) is 2.36. The van der Waals surface area contributed by atoms with E-state index in [4.69, 9.17) is 32.3 Å². The van der Waals surface area contributed by atoms with Gasteiger partial charge in [-0.2, -0.15) is 0 Å². The molecule has 0 aliphatic rings. The fraction of sp³-hybridized carbons (Fsp3) is 0.642. The van der Waals surface area contributed by atoms with Crippen molar-refractivity contribution in [2.75, 3.05) is 39.6 Å². The van der Waals surface area contributed by atoms with Gasteiger partial charge in [0.2, 0.25) is 0 Å². The third-order valence-corrected chi connectivity index (χ3v) is 17.1. The number of carbonyl (C=O) groups excluding carboxylic acids is 3. The van der Waals surface area contributed by atoms with Gasteiger partial charge in [0.15, 0.2) is 6.10 Å². The monoisotopic (exact) mass is 1420 g/mol. The lowest BCUT2D eigenvalue weighted by Gasteiger charge is -2.21. The lowest BCUT2D eigenvalue weighted by molar-refractivity contribution is -0.161. The fourth-order valence-electron chi connectivity index (χ4n) is 9.51. The lowest BCUT2D eigenvalue weighted by atomic mass is 10.1. The summed E-state index contributed by atoms with van der Waals surface area (Å²) in [5.41, 5.74) is 0. The number of phosphoric acid groups is 2. The number of ether oxygens (including phenoxy) is 3. The van der Waals surface area contributed by atoms with Crippen molar-refractivity contribution in [3.63, 3.8) is 0 Å². The van der Waals surface area contributed by atoms with Crippen molar-refractivity contribution in [2.45, 2.75) is 296 Å². The Balaban J connectivity index is 4.66. The van der Waals surface area contributed by atoms with E-state index < -0.39 is 91.5 Å². The van der Waals surface area contributed by atoms with Gasteiger partial charge in [0.1, 0.15) is 25.4 Å². The Morgan fingerprint density at radius 3 is 0.848 bits per heavy atom. The van der Waals surface area contributed by atoms with Crippen LogP contribution in [0.5, 0.6) is 0 Å². The standard InChI is InChI=1S/C81H134O16P2/c1-4-7-10-13-16-19-22-25-28-30-32-34-36-37-39-41-42-44-47-49-52-55-58-61-64-67-79(84)91-70-76(82)71-93-98(87,88)94-72-77(83)73-95-99(89,90)96-75-78(97-81(86)69-66-63-60-57-54-51-46-27-24-21-18-15-12-9-6-3)74-92-80(85)68-65-62-59-56-53-50-48-45-43-40-38-35-33-31-29-26-23-20-17-14-11-8-5-2/h7,9-10,12,16-21,25-29,32-35,37,39-40,42-44,46,76-78,82-83H,4-6,8,11,13-15,22-24,30-31,36,38,41,45,47-75H2,1-3H3,(H,87,88)(H,89,90)/b10-7-,12-9-,19-16-,20-17-,21-18-,28-25-,29-26-,34-32-,35-33-,39-37-,43-40-,44-42-,46-27-. The molecule has 0 amide bonds. The molecule has 16 nitrogen and oxygen atoms in total. The molecule has 0 heterocycles. The van der Waals surface area contributed by atoms with Crippen LogP contribution in [0.4, 0.5) is 0 Å². The molecule has 5 unspecified atom stereocenters. The molecule has 4 N–H and O–H groups in total. The van der Waals surface area contributed by atoms with E-state index in [-0.39, 0.29) is 19.3 Å². The van der Waals surface area contributed by atoms with Crippen molar-refractivity contribution in [1.82, 2.24) is 0 Å². The van der Waals surface area contributed by atoms with Crippen LogP contribution in [0.15, 0.2) is 158 Å². The smallest absolute Gasteiger partial charge is 0.463 e. The SMILES string of the molecule is CC/C=C\C/C=C\C/C=C\C/C=C\C/C=C\C/C=C\CCCCCCCCC(=O)OCC(O)COP(=O)(O)OCC(O)COP(=O)(O)OCC(COC(=O)CCCCCCCCC/C=C\C/C=C\C/C=C\C/C=C\CCCCC)OC(=O)CCCCCCC/C=C\C/C=C\C/C=C\CC. The van der Waals surface area contributed by atoms with Gasteiger partial charge in [0, 0.05) is 19.3 Å². The van der Waals surface area contributed by atoms with E-state index in [9.17, 15) is 43.5 Å². The van der Waals surface area contributed by atoms with Gasteiger partial charge < -0.3 is 34.2 Å². The molecule has 0 radical (unpaired) electrons. The maximum atomic E-state index is 13.0. The van der Waals surface area contributed by atoms with Crippen molar-refractivity contribution in [3.8, 4) is 0 Å². The molecule has 0 fully saturated rings. The van der Waals surface area contributed by atoms with Crippen LogP contribution in [-0.4, -0.2) is 95.9 Å². The molecule has 0 aromatic heterocycles. The summed E-state index contributed by atoms with van der Waals surface area (Å²) in [4.78, 5) is 58.6. The number of phosphoric ester groups is 2. The highest BCUT2D eigenvalue weighted by Gasteiger charge is 2.29. The zero-order valence-corrected chi connectivity index (χ0v) is 63.1. The molecule has 0 aromatic carbocycles. The summed E-state index contributed by atoms with van der Waals surface area (Å²) in [5.74, 6) is -1.63. The van der Waals surface area contributed by atoms with Crippen LogP contribution in [0, 0.1) is 0 Å². The number of allylic oxidation sites excluding steroid dienone is 26. The quantitative estimate of drug-likeness (QED) is 0.0146. The first kappa shape index (κ1) is 94.2. The molecule has 0 spiro atoms. The van der Waals surface area contributed by atoms with Crippen molar-refractivity contribution < 1.29 is 75.8 Å². The average Bonchev–Trinajstić information content (AvgIpc) is 1.57. The molecular formula is C81H134O16P2. The average molecular weight is 1430 g/mol. The number of hydrogen-bond donors (Lipinski definition) is 4. The highest BCUT2D eigenvalue weighted by Crippen LogP contribution is 2.45. The first-order chi connectivity index (χ1) is 48.2. The molecule has 5 atom stereocenters. The van der Waals surface area contributed by atoms with E-state index >= 15 is 0 Å². The van der Waals surface area contributed by atoms with Crippen LogP contribution in [0.3, 0.4) is 0 Å². The normalized spacial score (nSPS) is 14.9. The number of unbranched alkanes of at least 4 members (excludes halogenated alkanes) is 21. The van der Waals surface area contributed by atoms with E-state index in [1.165, 1.54) is 25.7 Å². The second kappa shape index (κ2) is 72.9. The second-order valence-corrected chi connectivity index (χ2v) is 27.6. The Morgan fingerprint density at radius 1 is 0.293 bits per heavy atom. The molecule has 0 rings (SSSR count). The van der Waals surface area contributed by atoms with Crippen LogP contribution in [-0.2, 0) is 55.8 Å². The van der Waals surface area contributed by atoms with Crippen LogP contribution < -0.4 is 0 Å². The predicted molar refractivity (Wildman–Crippen MR) is 408 cm³/mol. The first-order valence-electron chi connectivity index (χ1n) is 37.8. The number of aliphatic hydroxyl groups is 2. The molecule has 18 heteroatoms. The van der Waals surface area contributed by atoms with Crippen LogP contribution in [0.2, 0.25) is 0 Å². The molecule has 0 aliphatic carbocycles. The maximum Gasteiger partial charge on any atom is 0.472 e. The molecule has 0 aliphatic heterocycles. The number of aliphatic hydroxyl groups excluding tert-OH is 2. The third kappa shape index (κ3) is 74.2. The Labute approximate surface area is 600 Å². The van der Waals surface area contributed by atoms with Crippen LogP contribution in [0.1, 0.15) is 278 Å². The fourth-order valence-corrected chi connectivity index (χ4v) is 11.1. The second-order valence-electron chi connectivity index (χ2n) is 24.7. The van der Waals surface area contributed by atoms with Gasteiger partial charge in [0.05, 0.1) is 26.4 Å². The van der Waals surface area contributed by atoms with E-state index in [1.807, 2.05) is 0 Å². The number of hydrogen-bond acceptors (Lipinski definition) is 14. The van der Waals surface area contributed by atoms with Gasteiger partial charge in [-0.1, -0.05) is 269 Å². The first-order valence-corrected chi connectivity index (χ1v) is 40.8. The predicted octanol–water partition coefficient (Wildman–Crippen LogP) is 21.9. The van der Waals surface area contributed by atoms with Crippen molar-refractivity contribution in [2.24, 2.45) is 0 Å². The third-order valence-electron chi connectivity index (χ3n) is 15.2. The van der Waals surface area contributed by atoms with Gasteiger partial charge in [-0.3, -0.25) is 32.5 Å². The van der Waals surface area contributed by atoms with Gasteiger partial charge in [-0.05, 0) is 148 Å². The summed E-state index contributed by atoms with van der Waals surface area (Å²) >= 11 is 0. The zero-order chi connectivity index (χ0) is 72.3. The van der Waals surface area contributed by atoms with Gasteiger partial charge in [-0.15, -0.1) is 0 Å². The minimum atomic E-state index is -4.94. The topological polar surface area (TPSA) is 231 Å². The summed E-state index contributed by atoms with van der Waals surface area (Å²) in [6.07, 6.45) is 89.9. The van der Waals surface area contributed by atoms with Crippen molar-refractivity contribution in [1.29, 1.82) is 0 Å². The van der Waals surface area contributed by atoms with Crippen LogP contribution >= 0.6 is 15.6 Å². The summed E-state index contributed by atoms with van der Waals surface area (Å²) in [7, 11) is -9.81. The van der Waals surface area contributed by atoms with Gasteiger partial charge in [-0.25, -0.2) is 9.13 Å². The largest absolute Gasteiger partial charge is 0.472 e. The Bertz CT molecular complexity index is 2430. The summed E-state index contributed by atoms with van der Waals surface area (Å²) in [6, 6.07) is 0. The van der Waals surface area contributed by atoms with Crippen molar-refractivity contribution >= 4 is 33.6 Å². The minimum absolute atomic E-state index is 0.0772. The highest BCUT2D eigenvalue weighted by atomic mass is 31.2. The molecule has 0 aromatic rings. The molecule has 0 saturated heterocycles. The minimum Gasteiger partial charge on any atom is -0.463 e. The van der Waals surface area contributed by atoms with E-state index in [2.05, 4.69) is 179 Å². The highest BCUT2D eigenvalue weighted by molar-refractivity contribution is 7.47. The number of carbonyl (C=O) groups is 3. The molecule has 0 bridgehead atoms. The Hall–Kier alpha value is -4.83. The zero-order valence-electron chi connectivity index (χ0n) is 61.4. The van der Waals surface area contributed by atoms with Crippen LogP contribution in [0.25, 0.3) is 0 Å². The molecule has 99 heavy (non-hydrogen) atoms. The van der Waals surface area contributed by atoms with Crippen molar-refractivity contribution in [3.05, 3.63) is 158 Å². The van der Waals surface area contributed by atoms with E-state index in [0.29, 0.717) is 19.3 Å². The number of esters is 3. The van der Waals surface area contributed by atoms with Gasteiger partial charge in [0.25, 0.3) is 0 Å². The van der Waals surface area contributed by atoms with Gasteiger partial charge >= 0.3 is 33.6 Å². The Morgan fingerprint density at radius 2 is 0.535 bits per heavy atom. The lowest BCUT2D eigenvalue weighted by Crippen LogP contribution is -2.30. The molecule has 564 valence electrons. The van der Waals surface area contributed by atoms with E-state index in [0.717, 1.165) is 193 Å². The number of rotatable bonds is 70.